The van der Waals surface area contributed by atoms with Crippen molar-refractivity contribution in [2.45, 2.75) is 6.61 Å². The number of ether oxygens (including phenoxy) is 4. The Morgan fingerprint density at radius 1 is 0.711 bits per heavy atom. The summed E-state index contributed by atoms with van der Waals surface area (Å²) in [5.74, 6) is -2.87. The summed E-state index contributed by atoms with van der Waals surface area (Å²) in [7, 11) is 0. The molecule has 0 unspecified atom stereocenters. The second kappa shape index (κ2) is 13.6. The van der Waals surface area contributed by atoms with Gasteiger partial charge in [-0.25, -0.2) is 19.3 Å². The summed E-state index contributed by atoms with van der Waals surface area (Å²) in [6.45, 7) is -1.10. The molecule has 0 aliphatic carbocycles. The number of carbonyl (C=O) groups excluding carboxylic acids is 1. The Bertz CT molecular complexity index is 1410. The molecular weight excluding hydrogens is 500 g/mol. The first kappa shape index (κ1) is 27.1. The Morgan fingerprint density at radius 2 is 1.34 bits per heavy atom. The van der Waals surface area contributed by atoms with Crippen LogP contribution in [0.2, 0.25) is 0 Å². The largest absolute Gasteiger partial charge is 0.478 e. The quantitative estimate of drug-likeness (QED) is 0.0956. The summed E-state index contributed by atoms with van der Waals surface area (Å²) in [5, 5.41) is 18.7. The van der Waals surface area contributed by atoms with Crippen LogP contribution in [0.5, 0.6) is 17.2 Å². The molecule has 0 bridgehead atoms. The molecule has 0 aromatic heterocycles. The van der Waals surface area contributed by atoms with Gasteiger partial charge in [-0.3, -0.25) is 0 Å². The third kappa shape index (κ3) is 7.76. The van der Waals surface area contributed by atoms with Gasteiger partial charge < -0.3 is 29.2 Å². The van der Waals surface area contributed by atoms with E-state index in [1.54, 1.807) is 24.3 Å². The van der Waals surface area contributed by atoms with Crippen LogP contribution in [-0.4, -0.2) is 34.9 Å². The SMILES string of the molecule is C#COc1ccc(C(=O)O)c(C(=O)OCOOCc2cc(OC#COc3ccccc3)ccc2C(=O)O)c1. The Hall–Kier alpha value is -5.49. The van der Waals surface area contributed by atoms with E-state index in [2.05, 4.69) is 12.2 Å². The van der Waals surface area contributed by atoms with Gasteiger partial charge in [0.25, 0.3) is 0 Å². The fourth-order valence-electron chi connectivity index (χ4n) is 2.91. The molecule has 3 aromatic carbocycles. The number of hydrogen-bond acceptors (Lipinski definition) is 9. The second-order valence-electron chi connectivity index (χ2n) is 7.01. The lowest BCUT2D eigenvalue weighted by Gasteiger charge is -2.10. The van der Waals surface area contributed by atoms with Crippen molar-refractivity contribution in [2.24, 2.45) is 0 Å². The number of carboxylic acids is 2. The molecular formula is C27H18O11. The number of aromatic carboxylic acids is 2. The minimum Gasteiger partial charge on any atom is -0.478 e. The van der Waals surface area contributed by atoms with Gasteiger partial charge in [0.05, 0.1) is 16.7 Å². The van der Waals surface area contributed by atoms with Gasteiger partial charge in [-0.1, -0.05) is 24.6 Å². The van der Waals surface area contributed by atoms with Crippen LogP contribution in [0.25, 0.3) is 0 Å². The van der Waals surface area contributed by atoms with Crippen LogP contribution in [0, 0.1) is 24.7 Å². The predicted molar refractivity (Wildman–Crippen MR) is 128 cm³/mol. The van der Waals surface area contributed by atoms with Crippen molar-refractivity contribution >= 4 is 17.9 Å². The van der Waals surface area contributed by atoms with Crippen molar-refractivity contribution in [3.63, 3.8) is 0 Å². The minimum atomic E-state index is -1.37. The number of hydrogen-bond donors (Lipinski definition) is 2. The molecule has 3 aromatic rings. The van der Waals surface area contributed by atoms with E-state index in [9.17, 15) is 24.6 Å². The van der Waals surface area contributed by atoms with Crippen LogP contribution in [0.4, 0.5) is 0 Å². The first-order valence-corrected chi connectivity index (χ1v) is 10.6. The molecule has 0 atom stereocenters. The monoisotopic (exact) mass is 518 g/mol. The van der Waals surface area contributed by atoms with Gasteiger partial charge >= 0.3 is 17.9 Å². The third-order valence-corrected chi connectivity index (χ3v) is 4.58. The molecule has 0 saturated heterocycles. The average molecular weight is 518 g/mol. The summed E-state index contributed by atoms with van der Waals surface area (Å²) >= 11 is 0. The molecule has 38 heavy (non-hydrogen) atoms. The molecule has 0 amide bonds. The van der Waals surface area contributed by atoms with Crippen molar-refractivity contribution in [3.8, 4) is 42.0 Å². The van der Waals surface area contributed by atoms with Crippen molar-refractivity contribution in [2.75, 3.05) is 6.79 Å². The number of para-hydroxylation sites is 1. The first-order valence-electron chi connectivity index (χ1n) is 10.6. The normalized spacial score (nSPS) is 9.76. The van der Waals surface area contributed by atoms with Crippen LogP contribution in [0.15, 0.2) is 66.7 Å². The van der Waals surface area contributed by atoms with E-state index in [-0.39, 0.29) is 40.4 Å². The Morgan fingerprint density at radius 3 is 2.00 bits per heavy atom. The van der Waals surface area contributed by atoms with E-state index in [1.807, 2.05) is 12.2 Å². The van der Waals surface area contributed by atoms with Crippen LogP contribution in [-0.2, 0) is 21.1 Å². The van der Waals surface area contributed by atoms with E-state index in [4.69, 9.17) is 35.1 Å². The third-order valence-electron chi connectivity index (χ3n) is 4.58. The molecule has 0 fully saturated rings. The van der Waals surface area contributed by atoms with E-state index >= 15 is 0 Å². The lowest BCUT2D eigenvalue weighted by atomic mass is 10.1. The van der Waals surface area contributed by atoms with Crippen LogP contribution in [0.3, 0.4) is 0 Å². The fraction of sp³-hybridized carbons (Fsp3) is 0.0741. The van der Waals surface area contributed by atoms with Crippen molar-refractivity contribution in [1.29, 1.82) is 0 Å². The first-order chi connectivity index (χ1) is 18.4. The standard InChI is InChI=1S/C27H18O11/c1-2-33-21-9-11-23(26(30)31)24(15-21)27(32)36-17-38-37-16-18-14-20(8-10-22(18)25(28)29)35-13-12-34-19-6-4-3-5-7-19/h1,3-11,14-15H,16-17H2,(H,28,29)(H,30,31). The highest BCUT2D eigenvalue weighted by Gasteiger charge is 2.19. The lowest BCUT2D eigenvalue weighted by Crippen LogP contribution is -2.14. The maximum Gasteiger partial charge on any atom is 0.341 e. The molecule has 3 rings (SSSR count). The zero-order chi connectivity index (χ0) is 27.3. The lowest BCUT2D eigenvalue weighted by molar-refractivity contribution is -0.335. The zero-order valence-corrected chi connectivity index (χ0v) is 19.4. The molecule has 11 heteroatoms. The van der Waals surface area contributed by atoms with Crippen LogP contribution < -0.4 is 14.2 Å². The number of carboxylic acid groups (broad SMARTS) is 2. The summed E-state index contributed by atoms with van der Waals surface area (Å²) in [6, 6.07) is 16.3. The highest BCUT2D eigenvalue weighted by atomic mass is 17.2. The Balaban J connectivity index is 1.56. The van der Waals surface area contributed by atoms with E-state index in [0.29, 0.717) is 5.75 Å². The van der Waals surface area contributed by atoms with E-state index in [1.165, 1.54) is 24.3 Å². The molecule has 11 nitrogen and oxygen atoms in total. The van der Waals surface area contributed by atoms with Crippen LogP contribution in [0.1, 0.15) is 36.6 Å². The molecule has 0 spiro atoms. The van der Waals surface area contributed by atoms with Crippen molar-refractivity contribution in [3.05, 3.63) is 89.0 Å². The number of esters is 1. The van der Waals surface area contributed by atoms with Crippen LogP contribution >= 0.6 is 0 Å². The Kier molecular flexibility index (Phi) is 9.67. The van der Waals surface area contributed by atoms with E-state index in [0.717, 1.165) is 12.1 Å². The van der Waals surface area contributed by atoms with Gasteiger partial charge in [0.2, 0.25) is 6.79 Å². The number of benzene rings is 3. The van der Waals surface area contributed by atoms with Gasteiger partial charge in [-0.2, -0.15) is 4.89 Å². The second-order valence-corrected chi connectivity index (χ2v) is 7.01. The number of carbonyl (C=O) groups is 3. The summed E-state index contributed by atoms with van der Waals surface area (Å²) in [6.07, 6.45) is 11.7. The fourth-order valence-corrected chi connectivity index (χ4v) is 2.91. The highest BCUT2D eigenvalue weighted by Crippen LogP contribution is 2.21. The van der Waals surface area contributed by atoms with Gasteiger partial charge in [-0.05, 0) is 54.1 Å². The number of terminal acetylenes is 1. The van der Waals surface area contributed by atoms with Gasteiger partial charge in [-0.15, -0.1) is 0 Å². The summed E-state index contributed by atoms with van der Waals surface area (Å²) < 4.78 is 20.1. The average Bonchev–Trinajstić information content (AvgIpc) is 2.91. The molecule has 0 aliphatic rings. The molecule has 2 N–H and O–H groups in total. The number of rotatable bonds is 11. The van der Waals surface area contributed by atoms with Crippen molar-refractivity contribution in [1.82, 2.24) is 0 Å². The topological polar surface area (TPSA) is 147 Å². The van der Waals surface area contributed by atoms with E-state index < -0.39 is 24.7 Å². The minimum absolute atomic E-state index is 0.0567. The van der Waals surface area contributed by atoms with Crippen molar-refractivity contribution < 1.29 is 53.3 Å². The zero-order valence-electron chi connectivity index (χ0n) is 19.4. The highest BCUT2D eigenvalue weighted by molar-refractivity contribution is 6.02. The molecule has 192 valence electrons. The predicted octanol–water partition coefficient (Wildman–Crippen LogP) is 3.69. The van der Waals surface area contributed by atoms with Gasteiger partial charge in [0.1, 0.15) is 30.0 Å². The smallest absolute Gasteiger partial charge is 0.341 e. The maximum atomic E-state index is 12.3. The molecule has 0 heterocycles. The summed E-state index contributed by atoms with van der Waals surface area (Å²) in [5.41, 5.74) is -0.605. The molecule has 0 radical (unpaired) electrons. The molecule has 0 aliphatic heterocycles. The Labute approximate surface area is 216 Å². The van der Waals surface area contributed by atoms with Gasteiger partial charge in [0.15, 0.2) is 12.2 Å². The molecule has 0 saturated carbocycles. The maximum absolute atomic E-state index is 12.3. The summed E-state index contributed by atoms with van der Waals surface area (Å²) in [4.78, 5) is 45.0. The van der Waals surface area contributed by atoms with Gasteiger partial charge in [0, 0.05) is 0 Å².